The zero-order valence-corrected chi connectivity index (χ0v) is 13.9. The van der Waals surface area contributed by atoms with Gasteiger partial charge < -0.3 is 5.32 Å². The van der Waals surface area contributed by atoms with Crippen LogP contribution in [0.15, 0.2) is 35.7 Å². The summed E-state index contributed by atoms with van der Waals surface area (Å²) in [5.41, 5.74) is 4.50. The van der Waals surface area contributed by atoms with Crippen molar-refractivity contribution >= 4 is 11.3 Å². The summed E-state index contributed by atoms with van der Waals surface area (Å²) in [6, 6.07) is 12.0. The van der Waals surface area contributed by atoms with Gasteiger partial charge in [0, 0.05) is 16.8 Å². The maximum Gasteiger partial charge on any atom is 0.0389 e. The second-order valence-electron chi connectivity index (χ2n) is 5.93. The van der Waals surface area contributed by atoms with E-state index in [-0.39, 0.29) is 0 Å². The predicted molar refractivity (Wildman–Crippen MR) is 92.2 cm³/mol. The van der Waals surface area contributed by atoms with E-state index in [4.69, 9.17) is 0 Å². The first-order valence-corrected chi connectivity index (χ1v) is 9.10. The number of aryl methyl sites for hydroxylation is 2. The Morgan fingerprint density at radius 2 is 2.19 bits per heavy atom. The van der Waals surface area contributed by atoms with E-state index in [0.29, 0.717) is 12.0 Å². The average molecular weight is 299 g/mol. The average Bonchev–Trinajstić information content (AvgIpc) is 3.01. The van der Waals surface area contributed by atoms with Crippen molar-refractivity contribution < 1.29 is 0 Å². The van der Waals surface area contributed by atoms with Crippen LogP contribution < -0.4 is 5.32 Å². The number of hydrogen-bond acceptors (Lipinski definition) is 2. The highest BCUT2D eigenvalue weighted by Gasteiger charge is 2.29. The molecule has 0 saturated heterocycles. The van der Waals surface area contributed by atoms with Gasteiger partial charge in [-0.15, -0.1) is 11.3 Å². The fraction of sp³-hybridized carbons (Fsp3) is 0.474. The summed E-state index contributed by atoms with van der Waals surface area (Å²) in [5.74, 6) is 0.632. The molecule has 2 heteroatoms. The van der Waals surface area contributed by atoms with Gasteiger partial charge in [-0.2, -0.15) is 0 Å². The largest absolute Gasteiger partial charge is 0.310 e. The van der Waals surface area contributed by atoms with Gasteiger partial charge in [-0.25, -0.2) is 0 Å². The van der Waals surface area contributed by atoms with Crippen molar-refractivity contribution in [3.05, 3.63) is 57.3 Å². The maximum absolute atomic E-state index is 3.76. The molecule has 1 nitrogen and oxygen atoms in total. The van der Waals surface area contributed by atoms with Crippen LogP contribution in [0.25, 0.3) is 0 Å². The number of thiophene rings is 1. The fourth-order valence-electron chi connectivity index (χ4n) is 3.59. The van der Waals surface area contributed by atoms with Crippen LogP contribution in [0.1, 0.15) is 60.2 Å². The Hall–Kier alpha value is -1.12. The molecular weight excluding hydrogens is 274 g/mol. The molecule has 0 fully saturated rings. The van der Waals surface area contributed by atoms with Crippen molar-refractivity contribution in [2.45, 2.75) is 51.5 Å². The third kappa shape index (κ3) is 3.07. The first-order valence-electron chi connectivity index (χ1n) is 8.22. The van der Waals surface area contributed by atoms with E-state index in [0.717, 1.165) is 13.0 Å². The van der Waals surface area contributed by atoms with Gasteiger partial charge in [0.2, 0.25) is 0 Å². The van der Waals surface area contributed by atoms with E-state index < -0.39 is 0 Å². The Labute approximate surface area is 132 Å². The third-order valence-corrected chi connectivity index (χ3v) is 5.64. The van der Waals surface area contributed by atoms with Gasteiger partial charge in [0.05, 0.1) is 0 Å². The van der Waals surface area contributed by atoms with Gasteiger partial charge in [-0.05, 0) is 60.4 Å². The minimum atomic E-state index is 0.454. The first-order chi connectivity index (χ1) is 10.3. The molecule has 1 heterocycles. The van der Waals surface area contributed by atoms with E-state index in [9.17, 15) is 0 Å². The highest BCUT2D eigenvalue weighted by Crippen LogP contribution is 2.42. The van der Waals surface area contributed by atoms with E-state index in [2.05, 4.69) is 54.9 Å². The van der Waals surface area contributed by atoms with Gasteiger partial charge in [0.15, 0.2) is 0 Å². The highest BCUT2D eigenvalue weighted by molar-refractivity contribution is 7.10. The minimum Gasteiger partial charge on any atom is -0.310 e. The zero-order chi connectivity index (χ0) is 14.7. The van der Waals surface area contributed by atoms with Crippen molar-refractivity contribution in [1.29, 1.82) is 0 Å². The summed E-state index contributed by atoms with van der Waals surface area (Å²) >= 11 is 1.94. The molecule has 1 aliphatic rings. The smallest absolute Gasteiger partial charge is 0.0389 e. The minimum absolute atomic E-state index is 0.454. The lowest BCUT2D eigenvalue weighted by Gasteiger charge is -2.32. The lowest BCUT2D eigenvalue weighted by atomic mass is 9.79. The fourth-order valence-corrected chi connectivity index (χ4v) is 4.58. The van der Waals surface area contributed by atoms with Crippen LogP contribution in [0.5, 0.6) is 0 Å². The number of hydrogen-bond donors (Lipinski definition) is 1. The van der Waals surface area contributed by atoms with Crippen LogP contribution in [0.2, 0.25) is 0 Å². The van der Waals surface area contributed by atoms with Crippen LogP contribution in [-0.2, 0) is 12.8 Å². The molecule has 0 radical (unpaired) electrons. The number of fused-ring (bicyclic) bond motifs is 1. The van der Waals surface area contributed by atoms with Crippen molar-refractivity contribution in [1.82, 2.24) is 5.32 Å². The normalized spacial score (nSPS) is 19.2. The number of nitrogens with one attached hydrogen (secondary N) is 1. The quantitative estimate of drug-likeness (QED) is 0.811. The molecule has 0 amide bonds. The summed E-state index contributed by atoms with van der Waals surface area (Å²) in [7, 11) is 0. The number of rotatable bonds is 5. The van der Waals surface area contributed by atoms with Gasteiger partial charge >= 0.3 is 0 Å². The van der Waals surface area contributed by atoms with E-state index in [1.807, 2.05) is 11.3 Å². The third-order valence-electron chi connectivity index (χ3n) is 4.64. The summed E-state index contributed by atoms with van der Waals surface area (Å²) in [6.07, 6.45) is 5.02. The summed E-state index contributed by atoms with van der Waals surface area (Å²) in [4.78, 5) is 1.61. The topological polar surface area (TPSA) is 12.0 Å². The number of benzene rings is 1. The van der Waals surface area contributed by atoms with Gasteiger partial charge in [-0.1, -0.05) is 38.1 Å². The van der Waals surface area contributed by atoms with Crippen LogP contribution >= 0.6 is 11.3 Å². The SMILES string of the molecule is CCNC(c1cccc(CC)c1)C1CCCc2sccc21. The molecule has 0 saturated carbocycles. The predicted octanol–water partition coefficient (Wildman–Crippen LogP) is 5.08. The van der Waals surface area contributed by atoms with Gasteiger partial charge in [0.25, 0.3) is 0 Å². The highest BCUT2D eigenvalue weighted by atomic mass is 32.1. The second-order valence-corrected chi connectivity index (χ2v) is 6.93. The van der Waals surface area contributed by atoms with Crippen LogP contribution in [0.4, 0.5) is 0 Å². The molecule has 0 spiro atoms. The first kappa shape index (κ1) is 14.8. The Morgan fingerprint density at radius 1 is 1.29 bits per heavy atom. The summed E-state index contributed by atoms with van der Waals surface area (Å²) < 4.78 is 0. The molecular formula is C19H25NS. The second kappa shape index (κ2) is 6.76. The standard InChI is InChI=1S/C19H25NS/c1-3-14-7-5-8-15(13-14)19(20-4-2)17-9-6-10-18-16(17)11-12-21-18/h5,7-8,11-13,17,19-20H,3-4,6,9-10H2,1-2H3. The Kier molecular flexibility index (Phi) is 4.77. The van der Waals surface area contributed by atoms with E-state index >= 15 is 0 Å². The van der Waals surface area contributed by atoms with Crippen LogP contribution in [-0.4, -0.2) is 6.54 Å². The molecule has 1 aromatic heterocycles. The van der Waals surface area contributed by atoms with E-state index in [1.54, 1.807) is 10.4 Å². The molecule has 2 aromatic rings. The van der Waals surface area contributed by atoms with Crippen molar-refractivity contribution in [2.24, 2.45) is 0 Å². The molecule has 112 valence electrons. The molecule has 2 unspecified atom stereocenters. The maximum atomic E-state index is 3.76. The van der Waals surface area contributed by atoms with Gasteiger partial charge in [0.1, 0.15) is 0 Å². The monoisotopic (exact) mass is 299 g/mol. The zero-order valence-electron chi connectivity index (χ0n) is 13.1. The van der Waals surface area contributed by atoms with Crippen LogP contribution in [0, 0.1) is 0 Å². The molecule has 2 atom stereocenters. The molecule has 1 aromatic carbocycles. The summed E-state index contributed by atoms with van der Waals surface area (Å²) in [6.45, 7) is 5.48. The van der Waals surface area contributed by atoms with E-state index in [1.165, 1.54) is 30.4 Å². The molecule has 0 aliphatic heterocycles. The molecule has 21 heavy (non-hydrogen) atoms. The molecule has 1 aliphatic carbocycles. The van der Waals surface area contributed by atoms with Crippen molar-refractivity contribution in [3.63, 3.8) is 0 Å². The van der Waals surface area contributed by atoms with Gasteiger partial charge in [-0.3, -0.25) is 0 Å². The molecule has 3 rings (SSSR count). The number of likely N-dealkylation sites (N-methyl/N-ethyl adjacent to an activating group) is 1. The van der Waals surface area contributed by atoms with Crippen molar-refractivity contribution in [3.8, 4) is 0 Å². The Balaban J connectivity index is 1.95. The van der Waals surface area contributed by atoms with Crippen LogP contribution in [0.3, 0.4) is 0 Å². The molecule has 0 bridgehead atoms. The Bertz CT molecular complexity index is 587. The lowest BCUT2D eigenvalue weighted by molar-refractivity contribution is 0.411. The Morgan fingerprint density at radius 3 is 3.00 bits per heavy atom. The van der Waals surface area contributed by atoms with Crippen molar-refractivity contribution in [2.75, 3.05) is 6.54 Å². The summed E-state index contributed by atoms with van der Waals surface area (Å²) in [5, 5.41) is 6.03. The lowest BCUT2D eigenvalue weighted by Crippen LogP contribution is -2.28. The molecule has 1 N–H and O–H groups in total.